The van der Waals surface area contributed by atoms with Crippen LogP contribution in [0.5, 0.6) is 0 Å². The molecule has 0 unspecified atom stereocenters. The van der Waals surface area contributed by atoms with Gasteiger partial charge in [0.05, 0.1) is 22.0 Å². The van der Waals surface area contributed by atoms with Crippen molar-refractivity contribution in [1.82, 2.24) is 9.34 Å². The Morgan fingerprint density at radius 2 is 1.46 bits per heavy atom. The molecule has 72 valence electrons. The highest BCUT2D eigenvalue weighted by atomic mass is 31.1. The quantitative estimate of drug-likeness (QED) is 0.611. The zero-order valence-electron chi connectivity index (χ0n) is 6.86. The Labute approximate surface area is 76.6 Å². The minimum absolute atomic E-state index is 0.0177. The highest BCUT2D eigenvalue weighted by Crippen LogP contribution is 2.29. The maximum atomic E-state index is 11.0. The molecule has 2 fully saturated rings. The molecule has 0 N–H and O–H groups in total. The van der Waals surface area contributed by atoms with E-state index in [1.54, 1.807) is 0 Å². The number of ether oxygens (including phenoxy) is 2. The van der Waals surface area contributed by atoms with Gasteiger partial charge in [0, 0.05) is 0 Å². The maximum Gasteiger partial charge on any atom is 0.414 e. The van der Waals surface area contributed by atoms with Gasteiger partial charge in [-0.2, -0.15) is 0 Å². The molecule has 2 aliphatic heterocycles. The molecule has 0 aromatic carbocycles. The average molecular weight is 204 g/mol. The van der Waals surface area contributed by atoms with Crippen LogP contribution in [0.25, 0.3) is 0 Å². The average Bonchev–Trinajstić information content (AvgIpc) is 2.65. The Bertz CT molecular complexity index is 223. The number of hydrogen-bond acceptors (Lipinski definition) is 4. The Kier molecular flexibility index (Phi) is 2.22. The molecule has 0 aromatic rings. The van der Waals surface area contributed by atoms with Gasteiger partial charge >= 0.3 is 12.2 Å². The maximum absolute atomic E-state index is 11.0. The van der Waals surface area contributed by atoms with E-state index < -0.39 is 0 Å². The van der Waals surface area contributed by atoms with E-state index in [4.69, 9.17) is 9.47 Å². The summed E-state index contributed by atoms with van der Waals surface area (Å²) in [5, 5.41) is 0. The fraction of sp³-hybridized carbons (Fsp3) is 0.667. The summed E-state index contributed by atoms with van der Waals surface area (Å²) in [6.45, 7) is 1.94. The third-order valence-electron chi connectivity index (χ3n) is 1.76. The molecule has 0 spiro atoms. The summed E-state index contributed by atoms with van der Waals surface area (Å²) in [6, 6.07) is 0. The van der Waals surface area contributed by atoms with Crippen LogP contribution in [0.1, 0.15) is 0 Å². The van der Waals surface area contributed by atoms with E-state index in [-0.39, 0.29) is 21.1 Å². The van der Waals surface area contributed by atoms with Crippen LogP contribution in [0.15, 0.2) is 0 Å². The monoisotopic (exact) mass is 204 g/mol. The first-order chi connectivity index (χ1) is 6.27. The second-order valence-electron chi connectivity index (χ2n) is 2.63. The molecule has 2 rings (SSSR count). The zero-order chi connectivity index (χ0) is 9.26. The predicted octanol–water partition coefficient (Wildman–Crippen LogP) is 0.399. The smallest absolute Gasteiger partial charge is 0.414 e. The van der Waals surface area contributed by atoms with Crippen LogP contribution in [0, 0.1) is 0 Å². The lowest BCUT2D eigenvalue weighted by molar-refractivity contribution is 0.168. The molecule has 0 atom stereocenters. The number of nitrogens with zero attached hydrogens (tertiary/aromatic N) is 2. The Morgan fingerprint density at radius 3 is 1.77 bits per heavy atom. The lowest BCUT2D eigenvalue weighted by Gasteiger charge is -2.18. The van der Waals surface area contributed by atoms with Crippen LogP contribution in [-0.4, -0.2) is 47.8 Å². The molecule has 2 saturated heterocycles. The minimum atomic E-state index is -0.349. The fourth-order valence-electron chi connectivity index (χ4n) is 1.11. The van der Waals surface area contributed by atoms with E-state index in [9.17, 15) is 9.59 Å². The summed E-state index contributed by atoms with van der Waals surface area (Å²) >= 11 is 0. The summed E-state index contributed by atoms with van der Waals surface area (Å²) in [5.74, 6) is 0. The van der Waals surface area contributed by atoms with Crippen molar-refractivity contribution in [1.29, 1.82) is 0 Å². The summed E-state index contributed by atoms with van der Waals surface area (Å²) in [4.78, 5) is 22.0. The number of cyclic esters (lactones) is 2. The normalized spacial score (nSPS) is 22.2. The number of rotatable bonds is 2. The topological polar surface area (TPSA) is 59.1 Å². The van der Waals surface area contributed by atoms with Crippen molar-refractivity contribution in [2.24, 2.45) is 0 Å². The van der Waals surface area contributed by atoms with Gasteiger partial charge in [-0.3, -0.25) is 9.34 Å². The largest absolute Gasteiger partial charge is 0.447 e. The zero-order valence-corrected chi connectivity index (χ0v) is 7.86. The molecule has 0 bridgehead atoms. The van der Waals surface area contributed by atoms with Gasteiger partial charge in [0.2, 0.25) is 0 Å². The fourth-order valence-corrected chi connectivity index (χ4v) is 2.08. The highest BCUT2D eigenvalue weighted by molar-refractivity contribution is 7.34. The van der Waals surface area contributed by atoms with E-state index in [2.05, 4.69) is 0 Å². The Hall–Kier alpha value is -1.03. The third kappa shape index (κ3) is 1.67. The standard InChI is InChI=1S/C6H9N2O4P/c9-5-7(1-3-11-5)13-8-2-4-12-6(8)10/h13H,1-4H2. The third-order valence-corrected chi connectivity index (χ3v) is 3.06. The van der Waals surface area contributed by atoms with Gasteiger partial charge in [-0.05, 0) is 0 Å². The molecule has 7 heteroatoms. The van der Waals surface area contributed by atoms with Gasteiger partial charge in [0.1, 0.15) is 13.2 Å². The first-order valence-corrected chi connectivity index (χ1v) is 4.82. The summed E-state index contributed by atoms with van der Waals surface area (Å²) in [7, 11) is 0.0177. The van der Waals surface area contributed by atoms with E-state index >= 15 is 0 Å². The van der Waals surface area contributed by atoms with Crippen molar-refractivity contribution < 1.29 is 19.1 Å². The van der Waals surface area contributed by atoms with Gasteiger partial charge in [-0.25, -0.2) is 9.59 Å². The van der Waals surface area contributed by atoms with Crippen molar-refractivity contribution in [3.8, 4) is 0 Å². The second kappa shape index (κ2) is 3.38. The van der Waals surface area contributed by atoms with Crippen molar-refractivity contribution >= 4 is 21.1 Å². The van der Waals surface area contributed by atoms with Crippen LogP contribution < -0.4 is 0 Å². The number of carbonyl (C=O) groups is 2. The predicted molar refractivity (Wildman–Crippen MR) is 44.4 cm³/mol. The molecule has 2 amide bonds. The van der Waals surface area contributed by atoms with Gasteiger partial charge in [0.15, 0.2) is 0 Å². The van der Waals surface area contributed by atoms with Crippen molar-refractivity contribution in [3.63, 3.8) is 0 Å². The minimum Gasteiger partial charge on any atom is -0.447 e. The van der Waals surface area contributed by atoms with Crippen LogP contribution in [0.3, 0.4) is 0 Å². The van der Waals surface area contributed by atoms with Crippen molar-refractivity contribution in [2.45, 2.75) is 0 Å². The second-order valence-corrected chi connectivity index (χ2v) is 3.91. The van der Waals surface area contributed by atoms with E-state index in [1.165, 1.54) is 9.34 Å². The number of carbonyl (C=O) groups excluding carboxylic acids is 2. The Morgan fingerprint density at radius 1 is 1.00 bits per heavy atom. The lowest BCUT2D eigenvalue weighted by Crippen LogP contribution is -2.24. The molecule has 0 aliphatic carbocycles. The van der Waals surface area contributed by atoms with E-state index in [0.29, 0.717) is 26.3 Å². The van der Waals surface area contributed by atoms with Gasteiger partial charge in [-0.1, -0.05) is 0 Å². The SMILES string of the molecule is O=C1OCCN1PN1CCOC1=O. The molecule has 2 heterocycles. The summed E-state index contributed by atoms with van der Waals surface area (Å²) < 4.78 is 12.5. The summed E-state index contributed by atoms with van der Waals surface area (Å²) in [6.07, 6.45) is -0.698. The van der Waals surface area contributed by atoms with Crippen LogP contribution in [-0.2, 0) is 9.47 Å². The van der Waals surface area contributed by atoms with Gasteiger partial charge in [-0.15, -0.1) is 0 Å². The molecule has 2 aliphatic rings. The van der Waals surface area contributed by atoms with Crippen LogP contribution in [0.2, 0.25) is 0 Å². The van der Waals surface area contributed by atoms with Crippen LogP contribution >= 0.6 is 8.88 Å². The van der Waals surface area contributed by atoms with E-state index in [1.807, 2.05) is 0 Å². The molecular formula is C6H9N2O4P. The molecule has 0 radical (unpaired) electrons. The molecular weight excluding hydrogens is 195 g/mol. The van der Waals surface area contributed by atoms with E-state index in [0.717, 1.165) is 0 Å². The first-order valence-electron chi connectivity index (χ1n) is 3.92. The first kappa shape index (κ1) is 8.56. The van der Waals surface area contributed by atoms with Gasteiger partial charge < -0.3 is 9.47 Å². The van der Waals surface area contributed by atoms with Crippen molar-refractivity contribution in [2.75, 3.05) is 26.3 Å². The molecule has 0 saturated carbocycles. The molecule has 13 heavy (non-hydrogen) atoms. The van der Waals surface area contributed by atoms with Crippen LogP contribution in [0.4, 0.5) is 9.59 Å². The Balaban J connectivity index is 1.89. The number of amides is 2. The highest BCUT2D eigenvalue weighted by Gasteiger charge is 2.29. The molecule has 6 nitrogen and oxygen atoms in total. The van der Waals surface area contributed by atoms with Crippen molar-refractivity contribution in [3.05, 3.63) is 0 Å². The van der Waals surface area contributed by atoms with Gasteiger partial charge in [0.25, 0.3) is 0 Å². The lowest BCUT2D eigenvalue weighted by atomic mass is 10.7. The number of hydrogen-bond donors (Lipinski definition) is 0. The molecule has 0 aromatic heterocycles. The summed E-state index contributed by atoms with van der Waals surface area (Å²) in [5.41, 5.74) is 0.